The first kappa shape index (κ1) is 26.2. The summed E-state index contributed by atoms with van der Waals surface area (Å²) < 4.78 is 19.2. The molecule has 6 heteroatoms. The van der Waals surface area contributed by atoms with Gasteiger partial charge in [-0.05, 0) is 78.9 Å². The molecule has 1 N–H and O–H groups in total. The molecule has 1 aliphatic rings. The van der Waals surface area contributed by atoms with E-state index in [-0.39, 0.29) is 30.2 Å². The minimum atomic E-state index is -0.744. The van der Waals surface area contributed by atoms with Gasteiger partial charge in [-0.25, -0.2) is 4.39 Å². The fraction of sp³-hybridized carbons (Fsp3) is 0.212. The second kappa shape index (κ2) is 11.5. The van der Waals surface area contributed by atoms with E-state index >= 15 is 0 Å². The van der Waals surface area contributed by atoms with E-state index in [1.54, 1.807) is 19.1 Å². The van der Waals surface area contributed by atoms with Crippen LogP contribution in [0, 0.1) is 12.7 Å². The molecule has 1 aliphatic heterocycles. The molecular weight excluding hydrogens is 491 g/mol. The van der Waals surface area contributed by atoms with Crippen LogP contribution in [-0.2, 0) is 17.8 Å². The maximum Gasteiger partial charge on any atom is 0.261 e. The fourth-order valence-corrected chi connectivity index (χ4v) is 5.02. The average Bonchev–Trinajstić information content (AvgIpc) is 2.96. The Hall–Kier alpha value is -4.45. The number of benzene rings is 4. The molecule has 5 rings (SSSR count). The van der Waals surface area contributed by atoms with E-state index in [9.17, 15) is 14.0 Å². The number of ether oxygens (including phenoxy) is 1. The van der Waals surface area contributed by atoms with Crippen LogP contribution in [0.25, 0.3) is 0 Å². The second-order valence-electron chi connectivity index (χ2n) is 9.90. The molecule has 198 valence electrons. The molecule has 2 amide bonds. The molecule has 0 aliphatic carbocycles. The van der Waals surface area contributed by atoms with Crippen molar-refractivity contribution in [3.63, 3.8) is 0 Å². The first-order valence-corrected chi connectivity index (χ1v) is 13.1. The normalized spacial score (nSPS) is 15.3. The smallest absolute Gasteiger partial charge is 0.261 e. The minimum absolute atomic E-state index is 0.0207. The van der Waals surface area contributed by atoms with Crippen LogP contribution in [0.2, 0.25) is 0 Å². The van der Waals surface area contributed by atoms with Crippen LogP contribution < -0.4 is 10.1 Å². The lowest BCUT2D eigenvalue weighted by atomic mass is 9.87. The van der Waals surface area contributed by atoms with Crippen molar-refractivity contribution >= 4 is 11.8 Å². The standard InChI is InChI=1S/C33H31FN2O3/c1-22-7-6-10-27(19-22)31-30-20-29(39-23(2)32(37)35-21-24-11-14-28(34)15-12-24)16-13-25(30)17-18-36(31)33(38)26-8-4-3-5-9-26/h3-16,19-20,23,31H,17-18,21H2,1-2H3,(H,35,37). The number of hydrogen-bond donors (Lipinski definition) is 1. The summed E-state index contributed by atoms with van der Waals surface area (Å²) in [4.78, 5) is 28.3. The van der Waals surface area contributed by atoms with Crippen molar-refractivity contribution in [3.05, 3.63) is 136 Å². The largest absolute Gasteiger partial charge is 0.481 e. The number of amides is 2. The third kappa shape index (κ3) is 6.01. The molecule has 0 aromatic heterocycles. The molecule has 4 aromatic rings. The number of halogens is 1. The predicted octanol–water partition coefficient (Wildman–Crippen LogP) is 6.01. The zero-order valence-corrected chi connectivity index (χ0v) is 22.1. The third-order valence-corrected chi connectivity index (χ3v) is 7.05. The SMILES string of the molecule is Cc1cccc(C2c3cc(OC(C)C(=O)NCc4ccc(F)cc4)ccc3CCN2C(=O)c2ccccc2)c1. The molecule has 0 spiro atoms. The molecule has 39 heavy (non-hydrogen) atoms. The van der Waals surface area contributed by atoms with Gasteiger partial charge in [-0.2, -0.15) is 0 Å². The first-order chi connectivity index (χ1) is 18.9. The van der Waals surface area contributed by atoms with E-state index < -0.39 is 6.10 Å². The van der Waals surface area contributed by atoms with Crippen molar-refractivity contribution in [2.45, 2.75) is 39.0 Å². The molecule has 0 saturated carbocycles. The van der Waals surface area contributed by atoms with Gasteiger partial charge in [0.25, 0.3) is 11.8 Å². The monoisotopic (exact) mass is 522 g/mol. The van der Waals surface area contributed by atoms with Gasteiger partial charge in [0.05, 0.1) is 6.04 Å². The van der Waals surface area contributed by atoms with Gasteiger partial charge in [0.15, 0.2) is 6.10 Å². The highest BCUT2D eigenvalue weighted by Gasteiger charge is 2.33. The summed E-state index contributed by atoms with van der Waals surface area (Å²) in [6.45, 7) is 4.62. The molecule has 0 radical (unpaired) electrons. The maximum atomic E-state index is 13.7. The number of carbonyl (C=O) groups is 2. The van der Waals surface area contributed by atoms with Crippen molar-refractivity contribution in [2.75, 3.05) is 6.54 Å². The van der Waals surface area contributed by atoms with Crippen LogP contribution in [0.3, 0.4) is 0 Å². The molecule has 0 fully saturated rings. The Morgan fingerprint density at radius 3 is 2.49 bits per heavy atom. The second-order valence-corrected chi connectivity index (χ2v) is 9.90. The quantitative estimate of drug-likeness (QED) is 0.324. The number of rotatable bonds is 7. The summed E-state index contributed by atoms with van der Waals surface area (Å²) in [5.41, 5.74) is 5.74. The Bertz CT molecular complexity index is 1470. The van der Waals surface area contributed by atoms with E-state index in [1.165, 1.54) is 12.1 Å². The number of aryl methyl sites for hydroxylation is 1. The summed E-state index contributed by atoms with van der Waals surface area (Å²) in [5, 5.41) is 2.84. The lowest BCUT2D eigenvalue weighted by Gasteiger charge is -2.38. The average molecular weight is 523 g/mol. The van der Waals surface area contributed by atoms with Crippen molar-refractivity contribution in [2.24, 2.45) is 0 Å². The Kier molecular flexibility index (Phi) is 7.73. The molecule has 0 bridgehead atoms. The van der Waals surface area contributed by atoms with Gasteiger partial charge >= 0.3 is 0 Å². The molecule has 2 unspecified atom stereocenters. The summed E-state index contributed by atoms with van der Waals surface area (Å²) in [5.74, 6) is -0.0483. The number of hydrogen-bond acceptors (Lipinski definition) is 3. The molecule has 1 heterocycles. The fourth-order valence-electron chi connectivity index (χ4n) is 5.02. The zero-order chi connectivity index (χ0) is 27.4. The van der Waals surface area contributed by atoms with Crippen LogP contribution in [0.15, 0.2) is 97.1 Å². The third-order valence-electron chi connectivity index (χ3n) is 7.05. The molecule has 2 atom stereocenters. The predicted molar refractivity (Wildman–Crippen MR) is 149 cm³/mol. The van der Waals surface area contributed by atoms with Gasteiger partial charge < -0.3 is 15.0 Å². The Morgan fingerprint density at radius 1 is 0.974 bits per heavy atom. The van der Waals surface area contributed by atoms with E-state index in [2.05, 4.69) is 17.4 Å². The van der Waals surface area contributed by atoms with Crippen molar-refractivity contribution in [3.8, 4) is 5.75 Å². The van der Waals surface area contributed by atoms with Crippen molar-refractivity contribution in [1.29, 1.82) is 0 Å². The molecule has 0 saturated heterocycles. The molecule has 5 nitrogen and oxygen atoms in total. The van der Waals surface area contributed by atoms with Gasteiger partial charge in [0.2, 0.25) is 0 Å². The summed E-state index contributed by atoms with van der Waals surface area (Å²) in [6.07, 6.45) is -0.0175. The summed E-state index contributed by atoms with van der Waals surface area (Å²) in [7, 11) is 0. The molecule has 4 aromatic carbocycles. The highest BCUT2D eigenvalue weighted by Crippen LogP contribution is 2.38. The molecular formula is C33H31FN2O3. The highest BCUT2D eigenvalue weighted by atomic mass is 19.1. The Morgan fingerprint density at radius 2 is 1.74 bits per heavy atom. The lowest BCUT2D eigenvalue weighted by molar-refractivity contribution is -0.127. The van der Waals surface area contributed by atoms with Crippen molar-refractivity contribution in [1.82, 2.24) is 10.2 Å². The van der Waals surface area contributed by atoms with E-state index in [0.717, 1.165) is 34.2 Å². The van der Waals surface area contributed by atoms with Gasteiger partial charge in [0.1, 0.15) is 11.6 Å². The summed E-state index contributed by atoms with van der Waals surface area (Å²) in [6, 6.07) is 29.2. The number of nitrogens with zero attached hydrogens (tertiary/aromatic N) is 1. The number of nitrogens with one attached hydrogen (secondary N) is 1. The van der Waals surface area contributed by atoms with Gasteiger partial charge in [-0.3, -0.25) is 9.59 Å². The van der Waals surface area contributed by atoms with Gasteiger partial charge in [-0.1, -0.05) is 66.2 Å². The van der Waals surface area contributed by atoms with Gasteiger partial charge in [-0.15, -0.1) is 0 Å². The summed E-state index contributed by atoms with van der Waals surface area (Å²) >= 11 is 0. The lowest BCUT2D eigenvalue weighted by Crippen LogP contribution is -2.40. The topological polar surface area (TPSA) is 58.6 Å². The van der Waals surface area contributed by atoms with Crippen LogP contribution in [0.1, 0.15) is 51.1 Å². The Balaban J connectivity index is 1.39. The van der Waals surface area contributed by atoms with Crippen LogP contribution >= 0.6 is 0 Å². The number of carbonyl (C=O) groups excluding carboxylic acids is 2. The highest BCUT2D eigenvalue weighted by molar-refractivity contribution is 5.95. The first-order valence-electron chi connectivity index (χ1n) is 13.1. The van der Waals surface area contributed by atoms with E-state index in [4.69, 9.17) is 4.74 Å². The Labute approximate surface area is 228 Å². The number of fused-ring (bicyclic) bond motifs is 1. The van der Waals surface area contributed by atoms with Gasteiger partial charge in [0, 0.05) is 18.7 Å². The zero-order valence-electron chi connectivity index (χ0n) is 22.1. The van der Waals surface area contributed by atoms with Crippen LogP contribution in [0.5, 0.6) is 5.75 Å². The van der Waals surface area contributed by atoms with Crippen LogP contribution in [0.4, 0.5) is 4.39 Å². The van der Waals surface area contributed by atoms with E-state index in [0.29, 0.717) is 17.9 Å². The maximum absolute atomic E-state index is 13.7. The van der Waals surface area contributed by atoms with Crippen molar-refractivity contribution < 1.29 is 18.7 Å². The van der Waals surface area contributed by atoms with Crippen LogP contribution in [-0.4, -0.2) is 29.4 Å². The van der Waals surface area contributed by atoms with E-state index in [1.807, 2.05) is 72.5 Å². The minimum Gasteiger partial charge on any atom is -0.481 e.